The van der Waals surface area contributed by atoms with Crippen molar-refractivity contribution in [2.75, 3.05) is 26.2 Å². The van der Waals surface area contributed by atoms with Crippen LogP contribution in [-0.2, 0) is 16.0 Å². The number of aliphatic hydroxyl groups excluding tert-OH is 2. The van der Waals surface area contributed by atoms with Gasteiger partial charge in [0.15, 0.2) is 0 Å². The SMILES string of the molecule is CCOc1ccc(Cc2cc(C3CC(O)C(O)C(CN4CCCC(C(=O)O)C4)O3)ccc2Cl)cc1. The van der Waals surface area contributed by atoms with Gasteiger partial charge in [0.25, 0.3) is 0 Å². The second kappa shape index (κ2) is 11.7. The van der Waals surface area contributed by atoms with Crippen molar-refractivity contribution >= 4 is 17.6 Å². The maximum atomic E-state index is 11.4. The number of hydrogen-bond donors (Lipinski definition) is 3. The molecule has 2 aliphatic rings. The molecular formula is C27H34ClNO6. The Kier molecular flexibility index (Phi) is 8.68. The first kappa shape index (κ1) is 25.9. The fourth-order valence-electron chi connectivity index (χ4n) is 5.02. The highest BCUT2D eigenvalue weighted by molar-refractivity contribution is 6.31. The van der Waals surface area contributed by atoms with E-state index in [4.69, 9.17) is 21.1 Å². The third kappa shape index (κ3) is 6.54. The van der Waals surface area contributed by atoms with Crippen molar-refractivity contribution in [1.29, 1.82) is 0 Å². The molecule has 4 rings (SSSR count). The van der Waals surface area contributed by atoms with Crippen molar-refractivity contribution < 1.29 is 29.6 Å². The number of benzene rings is 2. The van der Waals surface area contributed by atoms with Gasteiger partial charge in [-0.15, -0.1) is 0 Å². The van der Waals surface area contributed by atoms with Crippen LogP contribution in [0, 0.1) is 5.92 Å². The van der Waals surface area contributed by atoms with Gasteiger partial charge < -0.3 is 24.8 Å². The molecule has 0 saturated carbocycles. The Bertz CT molecular complexity index is 1000. The Balaban J connectivity index is 1.46. The molecule has 35 heavy (non-hydrogen) atoms. The molecule has 2 fully saturated rings. The van der Waals surface area contributed by atoms with Crippen molar-refractivity contribution in [3.8, 4) is 5.75 Å². The third-order valence-corrected chi connectivity index (χ3v) is 7.30. The molecule has 5 atom stereocenters. The number of nitrogens with zero attached hydrogens (tertiary/aromatic N) is 1. The first-order valence-corrected chi connectivity index (χ1v) is 12.7. The van der Waals surface area contributed by atoms with Gasteiger partial charge in [-0.3, -0.25) is 9.69 Å². The fraction of sp³-hybridized carbons (Fsp3) is 0.519. The van der Waals surface area contributed by atoms with Crippen LogP contribution in [0.15, 0.2) is 42.5 Å². The van der Waals surface area contributed by atoms with E-state index in [9.17, 15) is 20.1 Å². The van der Waals surface area contributed by atoms with Gasteiger partial charge in [-0.25, -0.2) is 0 Å². The summed E-state index contributed by atoms with van der Waals surface area (Å²) < 4.78 is 11.8. The quantitative estimate of drug-likeness (QED) is 0.505. The fourth-order valence-corrected chi connectivity index (χ4v) is 5.20. The van der Waals surface area contributed by atoms with E-state index in [2.05, 4.69) is 0 Å². The van der Waals surface area contributed by atoms with E-state index in [1.54, 1.807) is 0 Å². The number of aliphatic carboxylic acids is 1. The molecule has 190 valence electrons. The molecule has 3 N–H and O–H groups in total. The molecule has 8 heteroatoms. The van der Waals surface area contributed by atoms with Crippen LogP contribution in [0.3, 0.4) is 0 Å². The lowest BCUT2D eigenvalue weighted by molar-refractivity contribution is -0.178. The monoisotopic (exact) mass is 503 g/mol. The predicted octanol–water partition coefficient (Wildman–Crippen LogP) is 3.68. The number of likely N-dealkylation sites (tertiary alicyclic amines) is 1. The van der Waals surface area contributed by atoms with Crippen LogP contribution in [0.2, 0.25) is 5.02 Å². The number of piperidine rings is 1. The molecule has 2 aromatic rings. The van der Waals surface area contributed by atoms with E-state index >= 15 is 0 Å². The summed E-state index contributed by atoms with van der Waals surface area (Å²) in [5.41, 5.74) is 2.95. The van der Waals surface area contributed by atoms with E-state index in [-0.39, 0.29) is 6.42 Å². The first-order chi connectivity index (χ1) is 16.8. The highest BCUT2D eigenvalue weighted by Gasteiger charge is 2.39. The summed E-state index contributed by atoms with van der Waals surface area (Å²) >= 11 is 6.51. The Hall–Kier alpha value is -2.16. The molecule has 2 heterocycles. The minimum Gasteiger partial charge on any atom is -0.494 e. The third-order valence-electron chi connectivity index (χ3n) is 6.93. The van der Waals surface area contributed by atoms with Crippen molar-refractivity contribution in [3.05, 3.63) is 64.2 Å². The van der Waals surface area contributed by atoms with E-state index in [0.29, 0.717) is 37.6 Å². The summed E-state index contributed by atoms with van der Waals surface area (Å²) in [5, 5.41) is 31.2. The standard InChI is InChI=1S/C27H34ClNO6/c1-2-34-21-8-5-17(6-9-21)12-20-13-18(7-10-22(20)28)24-14-23(30)26(31)25(35-24)16-29-11-3-4-19(15-29)27(32)33/h5-10,13,19,23-26,30-31H,2-4,11-12,14-16H2,1H3,(H,32,33). The number of rotatable bonds is 8. The lowest BCUT2D eigenvalue weighted by atomic mass is 9.91. The molecule has 0 bridgehead atoms. The van der Waals surface area contributed by atoms with E-state index < -0.39 is 36.3 Å². The summed E-state index contributed by atoms with van der Waals surface area (Å²) in [5.74, 6) is -0.376. The maximum Gasteiger partial charge on any atom is 0.307 e. The van der Waals surface area contributed by atoms with Gasteiger partial charge in [-0.2, -0.15) is 0 Å². The highest BCUT2D eigenvalue weighted by atomic mass is 35.5. The molecule has 0 amide bonds. The summed E-state index contributed by atoms with van der Waals surface area (Å²) in [6.45, 7) is 4.13. The predicted molar refractivity (Wildman–Crippen MR) is 133 cm³/mol. The molecule has 0 spiro atoms. The minimum atomic E-state index is -1.02. The molecule has 0 aromatic heterocycles. The first-order valence-electron chi connectivity index (χ1n) is 12.3. The zero-order chi connectivity index (χ0) is 24.9. The van der Waals surface area contributed by atoms with Gasteiger partial charge in [-0.05, 0) is 67.6 Å². The number of ether oxygens (including phenoxy) is 2. The van der Waals surface area contributed by atoms with Crippen LogP contribution in [0.1, 0.15) is 49.0 Å². The molecule has 7 nitrogen and oxygen atoms in total. The minimum absolute atomic E-state index is 0.277. The highest BCUT2D eigenvalue weighted by Crippen LogP contribution is 2.35. The smallest absolute Gasteiger partial charge is 0.307 e. The Morgan fingerprint density at radius 3 is 2.69 bits per heavy atom. The van der Waals surface area contributed by atoms with Crippen molar-refractivity contribution in [2.45, 2.75) is 57.0 Å². The van der Waals surface area contributed by atoms with Gasteiger partial charge in [0.05, 0.1) is 30.8 Å². The second-order valence-corrected chi connectivity index (χ2v) is 9.91. The van der Waals surface area contributed by atoms with Crippen LogP contribution in [-0.4, -0.2) is 70.7 Å². The Labute approximate surface area is 211 Å². The Morgan fingerprint density at radius 2 is 1.97 bits per heavy atom. The van der Waals surface area contributed by atoms with Crippen molar-refractivity contribution in [3.63, 3.8) is 0 Å². The molecule has 5 unspecified atom stereocenters. The average Bonchev–Trinajstić information content (AvgIpc) is 2.85. The molecule has 0 aliphatic carbocycles. The van der Waals surface area contributed by atoms with Gasteiger partial charge in [-0.1, -0.05) is 35.9 Å². The largest absolute Gasteiger partial charge is 0.494 e. The summed E-state index contributed by atoms with van der Waals surface area (Å²) in [7, 11) is 0. The van der Waals surface area contributed by atoms with Crippen LogP contribution < -0.4 is 4.74 Å². The molecule has 0 radical (unpaired) electrons. The van der Waals surface area contributed by atoms with E-state index in [1.807, 2.05) is 54.3 Å². The topological polar surface area (TPSA) is 99.5 Å². The van der Waals surface area contributed by atoms with Crippen LogP contribution in [0.25, 0.3) is 0 Å². The zero-order valence-electron chi connectivity index (χ0n) is 20.0. The van der Waals surface area contributed by atoms with Gasteiger partial charge >= 0.3 is 5.97 Å². The molecule has 2 saturated heterocycles. The van der Waals surface area contributed by atoms with Gasteiger partial charge in [0.1, 0.15) is 11.9 Å². The van der Waals surface area contributed by atoms with Gasteiger partial charge in [0, 0.05) is 24.5 Å². The number of hydrogen-bond acceptors (Lipinski definition) is 6. The van der Waals surface area contributed by atoms with Gasteiger partial charge in [0.2, 0.25) is 0 Å². The summed E-state index contributed by atoms with van der Waals surface area (Å²) in [6, 6.07) is 13.7. The summed E-state index contributed by atoms with van der Waals surface area (Å²) in [6.07, 6.45) is -0.581. The normalized spacial score (nSPS) is 27.5. The lowest BCUT2D eigenvalue weighted by Crippen LogP contribution is -2.52. The number of aliphatic hydroxyl groups is 2. The van der Waals surface area contributed by atoms with Crippen LogP contribution >= 0.6 is 11.6 Å². The number of carbonyl (C=O) groups is 1. The lowest BCUT2D eigenvalue weighted by Gasteiger charge is -2.41. The van der Waals surface area contributed by atoms with Crippen molar-refractivity contribution in [1.82, 2.24) is 4.90 Å². The van der Waals surface area contributed by atoms with E-state index in [1.165, 1.54) is 0 Å². The van der Waals surface area contributed by atoms with E-state index in [0.717, 1.165) is 35.4 Å². The number of carboxylic acid groups (broad SMARTS) is 1. The van der Waals surface area contributed by atoms with Crippen LogP contribution in [0.5, 0.6) is 5.75 Å². The molecule has 2 aliphatic heterocycles. The molecular weight excluding hydrogens is 470 g/mol. The number of halogens is 1. The van der Waals surface area contributed by atoms with Crippen LogP contribution in [0.4, 0.5) is 0 Å². The average molecular weight is 504 g/mol. The van der Waals surface area contributed by atoms with Crippen molar-refractivity contribution in [2.24, 2.45) is 5.92 Å². The number of carboxylic acids is 1. The maximum absolute atomic E-state index is 11.4. The summed E-state index contributed by atoms with van der Waals surface area (Å²) in [4.78, 5) is 13.4. The zero-order valence-corrected chi connectivity index (χ0v) is 20.7. The second-order valence-electron chi connectivity index (χ2n) is 9.50. The molecule has 2 aromatic carbocycles. The Morgan fingerprint density at radius 1 is 1.20 bits per heavy atom.